The lowest BCUT2D eigenvalue weighted by molar-refractivity contribution is 0.669. The van der Waals surface area contributed by atoms with E-state index in [1.54, 1.807) is 0 Å². The van der Waals surface area contributed by atoms with Gasteiger partial charge in [0.1, 0.15) is 11.2 Å². The third-order valence-electron chi connectivity index (χ3n) is 14.7. The van der Waals surface area contributed by atoms with Crippen molar-refractivity contribution in [1.29, 1.82) is 0 Å². The maximum atomic E-state index is 6.31. The van der Waals surface area contributed by atoms with E-state index < -0.39 is 8.07 Å². The second-order valence-corrected chi connectivity index (χ2v) is 22.2. The average molecular weight is 909 g/mol. The van der Waals surface area contributed by atoms with Crippen molar-refractivity contribution in [3.05, 3.63) is 267 Å². The van der Waals surface area contributed by atoms with Gasteiger partial charge in [-0.15, -0.1) is 0 Å². The average Bonchev–Trinajstić information content (AvgIpc) is 4.10. The van der Waals surface area contributed by atoms with Gasteiger partial charge in [-0.1, -0.05) is 200 Å². The number of anilines is 3. The van der Waals surface area contributed by atoms with Gasteiger partial charge in [-0.25, -0.2) is 0 Å². The van der Waals surface area contributed by atoms with E-state index in [0.717, 1.165) is 50.1 Å². The Morgan fingerprint density at radius 3 is 1.21 bits per heavy atom. The summed E-state index contributed by atoms with van der Waals surface area (Å²) in [4.78, 5) is 2.42. The van der Waals surface area contributed by atoms with Crippen LogP contribution in [0.5, 0.6) is 0 Å². The third-order valence-corrected chi connectivity index (χ3v) is 19.5. The van der Waals surface area contributed by atoms with Crippen molar-refractivity contribution >= 4 is 106 Å². The van der Waals surface area contributed by atoms with Gasteiger partial charge in [0.05, 0.1) is 16.6 Å². The monoisotopic (exact) mass is 908 g/mol. The Kier molecular flexibility index (Phi) is 9.23. The lowest BCUT2D eigenvalue weighted by Gasteiger charge is -2.34. The first-order chi connectivity index (χ1) is 34.7. The third kappa shape index (κ3) is 6.20. The zero-order valence-electron chi connectivity index (χ0n) is 38.2. The number of nitrogens with zero attached hydrogens (tertiary/aromatic N) is 2. The molecule has 0 saturated heterocycles. The number of rotatable bonds is 9. The largest absolute Gasteiger partial charge is 0.456 e. The molecule has 0 aliphatic carbocycles. The molecule has 11 aromatic carbocycles. The van der Waals surface area contributed by atoms with Crippen molar-refractivity contribution in [1.82, 2.24) is 4.40 Å². The van der Waals surface area contributed by atoms with Crippen LogP contribution in [0.25, 0.3) is 82.3 Å². The number of fused-ring (bicyclic) bond motifs is 9. The number of para-hydroxylation sites is 3. The van der Waals surface area contributed by atoms with Crippen molar-refractivity contribution in [2.45, 2.75) is 0 Å². The first-order valence-corrected chi connectivity index (χ1v) is 26.1. The molecule has 3 aromatic heterocycles. The predicted octanol–water partition coefficient (Wildman–Crippen LogP) is 14.9. The van der Waals surface area contributed by atoms with Gasteiger partial charge < -0.3 is 13.7 Å². The van der Waals surface area contributed by atoms with Crippen LogP contribution < -0.4 is 25.6 Å². The summed E-state index contributed by atoms with van der Waals surface area (Å²) in [7, 11) is -2.64. The highest BCUT2D eigenvalue weighted by Gasteiger charge is 2.41. The van der Waals surface area contributed by atoms with E-state index in [1.807, 2.05) is 12.1 Å². The highest BCUT2D eigenvalue weighted by molar-refractivity contribution is 7.19. The summed E-state index contributed by atoms with van der Waals surface area (Å²) in [6.45, 7) is 0. The topological polar surface area (TPSA) is 20.8 Å². The molecule has 328 valence electrons. The van der Waals surface area contributed by atoms with Gasteiger partial charge in [0.25, 0.3) is 0 Å². The molecule has 0 amide bonds. The van der Waals surface area contributed by atoms with Crippen molar-refractivity contribution in [2.75, 3.05) is 4.90 Å². The lowest BCUT2D eigenvalue weighted by atomic mass is 10.0. The fourth-order valence-electron chi connectivity index (χ4n) is 11.5. The summed E-state index contributed by atoms with van der Waals surface area (Å²) in [5.41, 5.74) is 13.4. The Morgan fingerprint density at radius 2 is 0.686 bits per heavy atom. The SMILES string of the molecule is c1ccc([Si](c2ccccc2)(c2ccccc2)c2ccc(-c3ccc(N(c4ccc(-c5ccc6c(c5)oc5ccccc56)cc4)c4cc5c6ccccc6n6c7ccccc7c(c4)c56)cc3)cc2)cc1. The molecule has 0 fully saturated rings. The van der Waals surface area contributed by atoms with Gasteiger partial charge in [-0.2, -0.15) is 0 Å². The first kappa shape index (κ1) is 40.1. The van der Waals surface area contributed by atoms with Gasteiger partial charge in [0, 0.05) is 49.4 Å². The van der Waals surface area contributed by atoms with Gasteiger partial charge in [0.2, 0.25) is 0 Å². The molecule has 0 bridgehead atoms. The van der Waals surface area contributed by atoms with Crippen LogP contribution in [0.1, 0.15) is 0 Å². The van der Waals surface area contributed by atoms with Crippen molar-refractivity contribution in [3.63, 3.8) is 0 Å². The second kappa shape index (κ2) is 16.1. The van der Waals surface area contributed by atoms with E-state index in [0.29, 0.717) is 0 Å². The van der Waals surface area contributed by atoms with Crippen LogP contribution in [-0.4, -0.2) is 12.5 Å². The maximum Gasteiger partial charge on any atom is 0.179 e. The molecular weight excluding hydrogens is 865 g/mol. The molecule has 0 aliphatic rings. The molecule has 14 aromatic rings. The fraction of sp³-hybridized carbons (Fsp3) is 0. The molecule has 0 radical (unpaired) electrons. The minimum atomic E-state index is -2.64. The molecule has 0 atom stereocenters. The zero-order chi connectivity index (χ0) is 46.2. The Bertz CT molecular complexity index is 4020. The molecule has 70 heavy (non-hydrogen) atoms. The first-order valence-electron chi connectivity index (χ1n) is 24.1. The van der Waals surface area contributed by atoms with E-state index in [4.69, 9.17) is 4.42 Å². The molecule has 0 spiro atoms. The Morgan fingerprint density at radius 1 is 0.286 bits per heavy atom. The number of hydrogen-bond acceptors (Lipinski definition) is 2. The number of aromatic nitrogens is 1. The van der Waals surface area contributed by atoms with Crippen LogP contribution in [0.15, 0.2) is 271 Å². The van der Waals surface area contributed by atoms with Crippen LogP contribution in [0.4, 0.5) is 17.1 Å². The number of benzene rings is 11. The molecule has 0 saturated carbocycles. The molecule has 4 heteroatoms. The van der Waals surface area contributed by atoms with Gasteiger partial charge >= 0.3 is 0 Å². The molecule has 14 rings (SSSR count). The number of hydrogen-bond donors (Lipinski definition) is 0. The summed E-state index contributed by atoms with van der Waals surface area (Å²) in [6.07, 6.45) is 0. The highest BCUT2D eigenvalue weighted by Crippen LogP contribution is 2.45. The Labute approximate surface area is 406 Å². The Hall–Kier alpha value is -8.96. The lowest BCUT2D eigenvalue weighted by Crippen LogP contribution is -2.74. The highest BCUT2D eigenvalue weighted by atomic mass is 28.3. The summed E-state index contributed by atoms with van der Waals surface area (Å²) in [5, 5.41) is 12.7. The van der Waals surface area contributed by atoms with Crippen molar-refractivity contribution < 1.29 is 4.42 Å². The molecule has 3 nitrogen and oxygen atoms in total. The molecular formula is C66H44N2OSi. The predicted molar refractivity (Wildman–Crippen MR) is 298 cm³/mol. The van der Waals surface area contributed by atoms with Crippen LogP contribution in [-0.2, 0) is 0 Å². The number of furan rings is 1. The minimum Gasteiger partial charge on any atom is -0.456 e. The van der Waals surface area contributed by atoms with Crippen molar-refractivity contribution in [2.24, 2.45) is 0 Å². The molecule has 3 heterocycles. The van der Waals surface area contributed by atoms with E-state index in [9.17, 15) is 0 Å². The standard InChI is InChI=1S/C66H44N2OSi/c1-4-16-52(17-5-1)70(53-18-6-2-7-19-53,54-20-8-3-9-21-54)55-39-32-46(33-40-55)45-28-35-49(36-29-45)67(50-37-30-47(31-38-50)48-34-41-59-58-24-12-15-27-64(58)69-65(59)42-48)51-43-60-56-22-10-13-25-62(56)68-63-26-14-11-23-57(63)61(44-51)66(60)68/h1-44H. The maximum absolute atomic E-state index is 6.31. The van der Waals surface area contributed by atoms with Crippen LogP contribution in [0.3, 0.4) is 0 Å². The quantitative estimate of drug-likeness (QED) is 0.106. The summed E-state index contributed by atoms with van der Waals surface area (Å²) < 4.78 is 8.76. The molecule has 0 aliphatic heterocycles. The van der Waals surface area contributed by atoms with Gasteiger partial charge in [-0.3, -0.25) is 0 Å². The van der Waals surface area contributed by atoms with E-state index in [1.165, 1.54) is 70.0 Å². The van der Waals surface area contributed by atoms with E-state index in [2.05, 4.69) is 264 Å². The van der Waals surface area contributed by atoms with Crippen LogP contribution in [0.2, 0.25) is 0 Å². The fourth-order valence-corrected chi connectivity index (χ4v) is 16.2. The smallest absolute Gasteiger partial charge is 0.179 e. The summed E-state index contributed by atoms with van der Waals surface area (Å²) in [5.74, 6) is 0. The normalized spacial score (nSPS) is 12.0. The minimum absolute atomic E-state index is 0.898. The van der Waals surface area contributed by atoms with Gasteiger partial charge in [0.15, 0.2) is 8.07 Å². The van der Waals surface area contributed by atoms with Crippen LogP contribution >= 0.6 is 0 Å². The molecule has 0 N–H and O–H groups in total. The Balaban J connectivity index is 0.890. The summed E-state index contributed by atoms with van der Waals surface area (Å²) in [6, 6.07) is 98.2. The summed E-state index contributed by atoms with van der Waals surface area (Å²) >= 11 is 0. The van der Waals surface area contributed by atoms with Crippen molar-refractivity contribution in [3.8, 4) is 22.3 Å². The van der Waals surface area contributed by atoms with Gasteiger partial charge in [-0.05, 0) is 110 Å². The van der Waals surface area contributed by atoms with E-state index in [-0.39, 0.29) is 0 Å². The van der Waals surface area contributed by atoms with E-state index >= 15 is 0 Å². The second-order valence-electron chi connectivity index (χ2n) is 18.4. The molecule has 0 unspecified atom stereocenters. The zero-order valence-corrected chi connectivity index (χ0v) is 39.2. The van der Waals surface area contributed by atoms with Crippen LogP contribution in [0, 0.1) is 0 Å².